The fraction of sp³-hybridized carbons (Fsp3) is 0.525. The Morgan fingerprint density at radius 3 is 2.29 bits per heavy atom. The van der Waals surface area contributed by atoms with E-state index in [4.69, 9.17) is 14.9 Å². The van der Waals surface area contributed by atoms with Crippen molar-refractivity contribution in [2.75, 3.05) is 20.2 Å². The van der Waals surface area contributed by atoms with E-state index in [9.17, 15) is 14.4 Å². The Bertz CT molecular complexity index is 1590. The van der Waals surface area contributed by atoms with Crippen LogP contribution in [0.3, 0.4) is 0 Å². The van der Waals surface area contributed by atoms with Crippen LogP contribution in [0.4, 0.5) is 0 Å². The van der Waals surface area contributed by atoms with E-state index in [2.05, 4.69) is 5.32 Å². The summed E-state index contributed by atoms with van der Waals surface area (Å²) in [6.45, 7) is 1.19. The van der Waals surface area contributed by atoms with Gasteiger partial charge in [0.15, 0.2) is 0 Å². The fourth-order valence-corrected chi connectivity index (χ4v) is 9.86. The second kappa shape index (κ2) is 13.8. The number of furan rings is 1. The molecule has 3 amide bonds. The molecule has 3 aromatic rings. The molecule has 3 N–H and O–H groups in total. The van der Waals surface area contributed by atoms with Crippen molar-refractivity contribution < 1.29 is 23.5 Å². The number of fused-ring (bicyclic) bond motifs is 1. The molecule has 4 aliphatic carbocycles. The van der Waals surface area contributed by atoms with E-state index < -0.39 is 12.0 Å². The first-order chi connectivity index (χ1) is 23.3. The number of carbonyl (C=O) groups excluding carboxylic acids is 3. The van der Waals surface area contributed by atoms with Gasteiger partial charge in [0.2, 0.25) is 11.8 Å². The zero-order valence-electron chi connectivity index (χ0n) is 28.1. The van der Waals surface area contributed by atoms with Crippen LogP contribution in [0.15, 0.2) is 65.1 Å². The maximum absolute atomic E-state index is 14.6. The summed E-state index contributed by atoms with van der Waals surface area (Å²) in [4.78, 5) is 41.9. The zero-order valence-corrected chi connectivity index (χ0v) is 28.1. The maximum atomic E-state index is 14.6. The van der Waals surface area contributed by atoms with Crippen molar-refractivity contribution in [1.82, 2.24) is 10.2 Å². The SMILES string of the molecule is COc1ccc(Cc2ccc(C3C(C(=O)NCC45CC6CC(CC(C6)C4)C5)c4ccccc4C(=O)N3CCCCCCC(N)=O)o2)cc1. The predicted octanol–water partition coefficient (Wildman–Crippen LogP) is 6.93. The average Bonchev–Trinajstić information content (AvgIpc) is 3.53. The van der Waals surface area contributed by atoms with Crippen molar-refractivity contribution in [3.63, 3.8) is 0 Å². The van der Waals surface area contributed by atoms with Crippen molar-refractivity contribution in [1.29, 1.82) is 0 Å². The van der Waals surface area contributed by atoms with Crippen LogP contribution < -0.4 is 15.8 Å². The second-order valence-electron chi connectivity index (χ2n) is 15.1. The molecule has 4 saturated carbocycles. The summed E-state index contributed by atoms with van der Waals surface area (Å²) in [6, 6.07) is 18.9. The van der Waals surface area contributed by atoms with Crippen LogP contribution in [-0.4, -0.2) is 42.8 Å². The topological polar surface area (TPSA) is 115 Å². The second-order valence-corrected chi connectivity index (χ2v) is 15.1. The summed E-state index contributed by atoms with van der Waals surface area (Å²) in [5, 5.41) is 3.46. The molecule has 5 aliphatic rings. The molecule has 2 aromatic carbocycles. The third-order valence-corrected chi connectivity index (χ3v) is 11.6. The zero-order chi connectivity index (χ0) is 33.3. The molecule has 2 unspecified atom stereocenters. The quantitative estimate of drug-likeness (QED) is 0.184. The van der Waals surface area contributed by atoms with Crippen LogP contribution in [0.1, 0.15) is 116 Å². The highest BCUT2D eigenvalue weighted by atomic mass is 16.5. The Kier molecular flexibility index (Phi) is 9.34. The van der Waals surface area contributed by atoms with Gasteiger partial charge in [0, 0.05) is 31.5 Å². The number of primary amides is 1. The number of methoxy groups -OCH3 is 1. The van der Waals surface area contributed by atoms with Gasteiger partial charge in [-0.2, -0.15) is 0 Å². The van der Waals surface area contributed by atoms with Gasteiger partial charge in [-0.15, -0.1) is 0 Å². The minimum absolute atomic E-state index is 0.0322. The number of unbranched alkanes of at least 4 members (excludes halogenated alkanes) is 3. The van der Waals surface area contributed by atoms with Gasteiger partial charge in [0.1, 0.15) is 23.3 Å². The normalized spacial score (nSPS) is 27.1. The number of nitrogens with two attached hydrogens (primary N) is 1. The van der Waals surface area contributed by atoms with Gasteiger partial charge < -0.3 is 25.1 Å². The molecular weight excluding hydrogens is 602 g/mol. The standard InChI is InChI=1S/C40H49N3O5/c1-47-30-13-11-26(12-14-30)21-31-15-16-34(48-31)37-36(38(45)42-25-40-22-27-18-28(23-40)20-29(19-27)24-40)32-8-5-6-9-33(32)39(46)43(37)17-7-3-2-4-10-35(41)44/h5-6,8-9,11-16,27-29,36-37H,2-4,7,10,17-25H2,1H3,(H2,41,44)(H,42,45). The number of carbonyl (C=O) groups is 3. The van der Waals surface area contributed by atoms with Gasteiger partial charge in [-0.3, -0.25) is 14.4 Å². The van der Waals surface area contributed by atoms with Crippen LogP contribution in [0.25, 0.3) is 0 Å². The molecule has 4 bridgehead atoms. The summed E-state index contributed by atoms with van der Waals surface area (Å²) < 4.78 is 11.9. The van der Waals surface area contributed by atoms with Crippen LogP contribution in [0, 0.1) is 23.2 Å². The molecule has 48 heavy (non-hydrogen) atoms. The fourth-order valence-electron chi connectivity index (χ4n) is 9.86. The van der Waals surface area contributed by atoms with Gasteiger partial charge in [-0.25, -0.2) is 0 Å². The third-order valence-electron chi connectivity index (χ3n) is 11.6. The molecule has 2 heterocycles. The lowest BCUT2D eigenvalue weighted by Crippen LogP contribution is -2.53. The van der Waals surface area contributed by atoms with E-state index in [0.29, 0.717) is 37.3 Å². The monoisotopic (exact) mass is 651 g/mol. The Hall–Kier alpha value is -4.07. The molecule has 8 rings (SSSR count). The van der Waals surface area contributed by atoms with E-state index in [1.807, 2.05) is 65.6 Å². The van der Waals surface area contributed by atoms with Crippen molar-refractivity contribution in [3.8, 4) is 5.75 Å². The van der Waals surface area contributed by atoms with Crippen LogP contribution in [0.2, 0.25) is 0 Å². The minimum atomic E-state index is -0.595. The first-order valence-corrected chi connectivity index (χ1v) is 18.0. The highest BCUT2D eigenvalue weighted by Crippen LogP contribution is 2.59. The molecule has 0 radical (unpaired) electrons. The van der Waals surface area contributed by atoms with Gasteiger partial charge in [0.25, 0.3) is 5.91 Å². The van der Waals surface area contributed by atoms with Gasteiger partial charge >= 0.3 is 0 Å². The highest BCUT2D eigenvalue weighted by molar-refractivity contribution is 6.01. The van der Waals surface area contributed by atoms with Crippen LogP contribution >= 0.6 is 0 Å². The summed E-state index contributed by atoms with van der Waals surface area (Å²) in [7, 11) is 1.65. The number of amides is 3. The Balaban J connectivity index is 1.16. The van der Waals surface area contributed by atoms with Crippen LogP contribution in [0.5, 0.6) is 5.75 Å². The Labute approximate surface area is 283 Å². The molecule has 4 fully saturated rings. The van der Waals surface area contributed by atoms with E-state index >= 15 is 0 Å². The lowest BCUT2D eigenvalue weighted by Gasteiger charge is -2.57. The van der Waals surface area contributed by atoms with E-state index in [0.717, 1.165) is 66.1 Å². The molecule has 1 aromatic heterocycles. The van der Waals surface area contributed by atoms with Crippen molar-refractivity contribution in [2.45, 2.75) is 89.0 Å². The number of hydrogen-bond acceptors (Lipinski definition) is 5. The molecule has 1 aliphatic heterocycles. The first kappa shape index (κ1) is 32.5. The first-order valence-electron chi connectivity index (χ1n) is 18.0. The molecule has 0 saturated heterocycles. The van der Waals surface area contributed by atoms with E-state index in [1.165, 1.54) is 38.5 Å². The van der Waals surface area contributed by atoms with Crippen LogP contribution in [-0.2, 0) is 16.0 Å². The summed E-state index contributed by atoms with van der Waals surface area (Å²) in [6.07, 6.45) is 11.9. The average molecular weight is 652 g/mol. The predicted molar refractivity (Wildman–Crippen MR) is 183 cm³/mol. The molecule has 8 heteroatoms. The molecule has 8 nitrogen and oxygen atoms in total. The molecular formula is C40H49N3O5. The van der Waals surface area contributed by atoms with Crippen molar-refractivity contribution >= 4 is 17.7 Å². The smallest absolute Gasteiger partial charge is 0.254 e. The number of rotatable bonds is 14. The number of hydrogen-bond donors (Lipinski definition) is 2. The lowest BCUT2D eigenvalue weighted by molar-refractivity contribution is -0.126. The molecule has 254 valence electrons. The van der Waals surface area contributed by atoms with Gasteiger partial charge in [-0.05, 0) is 116 Å². The minimum Gasteiger partial charge on any atom is -0.497 e. The molecule has 0 spiro atoms. The number of ether oxygens (including phenoxy) is 1. The largest absolute Gasteiger partial charge is 0.497 e. The number of nitrogens with zero attached hydrogens (tertiary/aromatic N) is 1. The van der Waals surface area contributed by atoms with Gasteiger partial charge in [-0.1, -0.05) is 43.2 Å². The highest BCUT2D eigenvalue weighted by Gasteiger charge is 2.52. The van der Waals surface area contributed by atoms with Crippen molar-refractivity contribution in [2.24, 2.45) is 28.9 Å². The van der Waals surface area contributed by atoms with Crippen molar-refractivity contribution in [3.05, 3.63) is 88.9 Å². The third kappa shape index (κ3) is 6.76. The van der Waals surface area contributed by atoms with Gasteiger partial charge in [0.05, 0.1) is 13.0 Å². The summed E-state index contributed by atoms with van der Waals surface area (Å²) in [5.41, 5.74) is 7.97. The Morgan fingerprint density at radius 2 is 1.60 bits per heavy atom. The van der Waals surface area contributed by atoms with E-state index in [1.54, 1.807) is 7.11 Å². The Morgan fingerprint density at radius 1 is 0.917 bits per heavy atom. The number of benzene rings is 2. The summed E-state index contributed by atoms with van der Waals surface area (Å²) >= 11 is 0. The molecule has 2 atom stereocenters. The lowest BCUT2D eigenvalue weighted by atomic mass is 9.49. The maximum Gasteiger partial charge on any atom is 0.254 e. The summed E-state index contributed by atoms with van der Waals surface area (Å²) in [5.74, 6) is 3.63. The van der Waals surface area contributed by atoms with E-state index in [-0.39, 0.29) is 23.1 Å². The number of nitrogens with one attached hydrogen (secondary N) is 1.